The minimum absolute atomic E-state index is 0.218. The van der Waals surface area contributed by atoms with Crippen molar-refractivity contribution in [2.24, 2.45) is 10.8 Å². The van der Waals surface area contributed by atoms with Crippen molar-refractivity contribution in [3.05, 3.63) is 0 Å². The van der Waals surface area contributed by atoms with Gasteiger partial charge in [0.05, 0.1) is 19.3 Å². The summed E-state index contributed by atoms with van der Waals surface area (Å²) in [5.41, 5.74) is -0.739. The van der Waals surface area contributed by atoms with E-state index >= 15 is 0 Å². The Bertz CT molecular complexity index is 690. The Labute approximate surface area is 238 Å². The van der Waals surface area contributed by atoms with Crippen molar-refractivity contribution in [1.82, 2.24) is 0 Å². The van der Waals surface area contributed by atoms with Crippen LogP contribution in [0.5, 0.6) is 0 Å². The normalized spacial score (nSPS) is 11.6. The van der Waals surface area contributed by atoms with Gasteiger partial charge in [0.25, 0.3) is 0 Å². The van der Waals surface area contributed by atoms with E-state index in [1.807, 2.05) is 40.9 Å². The molecule has 0 saturated heterocycles. The summed E-state index contributed by atoms with van der Waals surface area (Å²) in [6.07, 6.45) is 6.90. The first-order valence-corrected chi connectivity index (χ1v) is 16.4. The molecule has 0 radical (unpaired) electrons. The molecule has 0 aliphatic heterocycles. The molecule has 38 heavy (non-hydrogen) atoms. The molecule has 0 spiro atoms. The number of hydrogen-bond acceptors (Lipinski definition) is 10. The Morgan fingerprint density at radius 3 is 1.13 bits per heavy atom. The van der Waals surface area contributed by atoms with Gasteiger partial charge in [-0.2, -0.15) is 23.5 Å². The number of carbonyl (C=O) groups is 4. The van der Waals surface area contributed by atoms with E-state index < -0.39 is 0 Å². The molecule has 222 valence electrons. The highest BCUT2D eigenvalue weighted by Crippen LogP contribution is 2.29. The largest absolute Gasteiger partial charge is 0.465 e. The van der Waals surface area contributed by atoms with Crippen molar-refractivity contribution in [1.29, 1.82) is 0 Å². The molecule has 0 fully saturated rings. The Hall–Kier alpha value is -1.42. The summed E-state index contributed by atoms with van der Waals surface area (Å²) < 4.78 is 21.8. The summed E-state index contributed by atoms with van der Waals surface area (Å²) in [6, 6.07) is 0. The van der Waals surface area contributed by atoms with E-state index in [1.54, 1.807) is 11.8 Å². The van der Waals surface area contributed by atoms with E-state index in [0.29, 0.717) is 24.3 Å². The van der Waals surface area contributed by atoms with Gasteiger partial charge >= 0.3 is 23.9 Å². The van der Waals surface area contributed by atoms with Crippen LogP contribution in [0.1, 0.15) is 92.4 Å². The highest BCUT2D eigenvalue weighted by Gasteiger charge is 2.31. The lowest BCUT2D eigenvalue weighted by Gasteiger charge is -2.30. The zero-order chi connectivity index (χ0) is 28.9. The van der Waals surface area contributed by atoms with Gasteiger partial charge in [0.15, 0.2) is 0 Å². The summed E-state index contributed by atoms with van der Waals surface area (Å²) in [6.45, 7) is 10.9. The second-order valence-corrected chi connectivity index (χ2v) is 11.9. The molecule has 0 rings (SSSR count). The fourth-order valence-electron chi connectivity index (χ4n) is 3.43. The fourth-order valence-corrected chi connectivity index (χ4v) is 4.62. The number of hydrogen-bond donors (Lipinski definition) is 0. The van der Waals surface area contributed by atoms with Crippen molar-refractivity contribution in [2.45, 2.75) is 92.4 Å². The number of rotatable bonds is 23. The van der Waals surface area contributed by atoms with Crippen molar-refractivity contribution < 1.29 is 38.1 Å². The van der Waals surface area contributed by atoms with Crippen molar-refractivity contribution in [3.8, 4) is 0 Å². The molecule has 0 unspecified atom stereocenters. The fraction of sp³-hybridized carbons (Fsp3) is 0.857. The summed E-state index contributed by atoms with van der Waals surface area (Å²) in [4.78, 5) is 48.1. The maximum atomic E-state index is 12.3. The second-order valence-electron chi connectivity index (χ2n) is 9.66. The van der Waals surface area contributed by atoms with E-state index in [0.717, 1.165) is 37.9 Å². The third kappa shape index (κ3) is 15.9. The number of carbonyl (C=O) groups excluding carboxylic acids is 4. The average Bonchev–Trinajstić information content (AvgIpc) is 2.92. The van der Waals surface area contributed by atoms with Gasteiger partial charge in [0.2, 0.25) is 0 Å². The summed E-state index contributed by atoms with van der Waals surface area (Å²) in [7, 11) is 0. The number of thioether (sulfide) groups is 2. The maximum absolute atomic E-state index is 12.3. The van der Waals surface area contributed by atoms with Crippen LogP contribution in [0.3, 0.4) is 0 Å². The molecule has 0 aromatic heterocycles. The quantitative estimate of drug-likeness (QED) is 0.0834. The molecule has 0 bridgehead atoms. The lowest BCUT2D eigenvalue weighted by Crippen LogP contribution is -2.33. The van der Waals surface area contributed by atoms with Crippen LogP contribution < -0.4 is 0 Å². The third-order valence-electron chi connectivity index (χ3n) is 7.02. The first kappa shape index (κ1) is 36.6. The molecule has 0 aromatic carbocycles. The van der Waals surface area contributed by atoms with E-state index in [2.05, 4.69) is 0 Å². The van der Waals surface area contributed by atoms with Crippen LogP contribution in [0.25, 0.3) is 0 Å². The maximum Gasteiger partial charge on any atom is 0.306 e. The molecular formula is C28H50O8S2. The predicted octanol–water partition coefficient (Wildman–Crippen LogP) is 5.84. The van der Waals surface area contributed by atoms with Crippen LogP contribution >= 0.6 is 23.5 Å². The van der Waals surface area contributed by atoms with Gasteiger partial charge in [0, 0.05) is 34.5 Å². The monoisotopic (exact) mass is 578 g/mol. The molecule has 10 heteroatoms. The van der Waals surface area contributed by atoms with Crippen LogP contribution in [0.15, 0.2) is 0 Å². The van der Waals surface area contributed by atoms with Gasteiger partial charge in [-0.3, -0.25) is 19.2 Å². The van der Waals surface area contributed by atoms with Crippen LogP contribution in [0.2, 0.25) is 0 Å². The smallest absolute Gasteiger partial charge is 0.306 e. The zero-order valence-electron chi connectivity index (χ0n) is 24.4. The second kappa shape index (κ2) is 21.4. The Kier molecular flexibility index (Phi) is 20.6. The number of esters is 4. The first-order valence-electron chi connectivity index (χ1n) is 13.8. The van der Waals surface area contributed by atoms with Gasteiger partial charge in [-0.1, -0.05) is 34.6 Å². The molecule has 0 atom stereocenters. The molecule has 0 aromatic rings. The van der Waals surface area contributed by atoms with Gasteiger partial charge in [-0.25, -0.2) is 0 Å². The van der Waals surface area contributed by atoms with Crippen molar-refractivity contribution >= 4 is 47.4 Å². The molecule has 0 N–H and O–H groups in total. The van der Waals surface area contributed by atoms with Crippen molar-refractivity contribution in [2.75, 3.05) is 49.9 Å². The average molecular weight is 579 g/mol. The topological polar surface area (TPSA) is 105 Å². The van der Waals surface area contributed by atoms with E-state index in [4.69, 9.17) is 18.9 Å². The molecule has 8 nitrogen and oxygen atoms in total. The molecular weight excluding hydrogens is 528 g/mol. The van der Waals surface area contributed by atoms with Crippen LogP contribution in [-0.4, -0.2) is 73.8 Å². The van der Waals surface area contributed by atoms with Gasteiger partial charge in [-0.15, -0.1) is 0 Å². The van der Waals surface area contributed by atoms with Crippen LogP contribution in [0.4, 0.5) is 0 Å². The third-order valence-corrected chi connectivity index (χ3v) is 8.62. The molecule has 0 heterocycles. The van der Waals surface area contributed by atoms with E-state index in [1.165, 1.54) is 11.8 Å². The molecule has 0 saturated carbocycles. The lowest BCUT2D eigenvalue weighted by atomic mass is 9.84. The Morgan fingerprint density at radius 1 is 0.526 bits per heavy atom. The first-order chi connectivity index (χ1) is 18.1. The highest BCUT2D eigenvalue weighted by molar-refractivity contribution is 7.99. The Balaban J connectivity index is 4.30. The van der Waals surface area contributed by atoms with E-state index in [-0.39, 0.29) is 74.0 Å². The Morgan fingerprint density at radius 2 is 0.842 bits per heavy atom. The summed E-state index contributed by atoms with van der Waals surface area (Å²) in [5, 5.41) is 0. The van der Waals surface area contributed by atoms with Crippen LogP contribution in [0, 0.1) is 10.8 Å². The predicted molar refractivity (Wildman–Crippen MR) is 154 cm³/mol. The lowest BCUT2D eigenvalue weighted by molar-refractivity contribution is -0.155. The van der Waals surface area contributed by atoms with Gasteiger partial charge in [0.1, 0.15) is 26.4 Å². The van der Waals surface area contributed by atoms with Gasteiger partial charge < -0.3 is 18.9 Å². The standard InChI is InChI=1S/C28H50O8S2/c1-7-12-23(29)33-19-27(8-2,9-3)21-35-25(31)14-17-38-18-15-26(32)36-22-28(10-4,11-5)20-34-24(30)13-16-37-6/h7-22H2,1-6H3. The van der Waals surface area contributed by atoms with Gasteiger partial charge in [-0.05, 0) is 38.4 Å². The molecule has 0 aliphatic rings. The van der Waals surface area contributed by atoms with Crippen LogP contribution in [-0.2, 0) is 38.1 Å². The molecule has 0 amide bonds. The zero-order valence-corrected chi connectivity index (χ0v) is 26.0. The van der Waals surface area contributed by atoms with Crippen molar-refractivity contribution in [3.63, 3.8) is 0 Å². The highest BCUT2D eigenvalue weighted by atomic mass is 32.2. The summed E-state index contributed by atoms with van der Waals surface area (Å²) in [5.74, 6) is 0.772. The number of ether oxygens (including phenoxy) is 4. The SMILES string of the molecule is CCCC(=O)OCC(CC)(CC)COC(=O)CCSCCC(=O)OCC(CC)(CC)COC(=O)CCSC. The minimum atomic E-state index is -0.373. The van der Waals surface area contributed by atoms with E-state index in [9.17, 15) is 19.2 Å². The molecule has 0 aliphatic carbocycles. The minimum Gasteiger partial charge on any atom is -0.465 e. The summed E-state index contributed by atoms with van der Waals surface area (Å²) >= 11 is 3.10.